The summed E-state index contributed by atoms with van der Waals surface area (Å²) in [4.78, 5) is 0. The lowest BCUT2D eigenvalue weighted by atomic mass is 9.80. The molecule has 0 radical (unpaired) electrons. The van der Waals surface area contributed by atoms with Gasteiger partial charge in [0.25, 0.3) is 0 Å². The zero-order valence-electron chi connectivity index (χ0n) is 72.6. The molecule has 0 aliphatic heterocycles. The highest BCUT2D eigenvalue weighted by atomic mass is 28.3. The molecule has 0 bridgehead atoms. The van der Waals surface area contributed by atoms with Crippen molar-refractivity contribution in [1.29, 1.82) is 0 Å². The highest BCUT2D eigenvalue weighted by molar-refractivity contribution is 6.92. The lowest BCUT2D eigenvalue weighted by molar-refractivity contribution is -0.144. The number of hydrogen-bond acceptors (Lipinski definition) is 0. The predicted octanol–water partition coefficient (Wildman–Crippen LogP) is 33.7. The Morgan fingerprint density at radius 1 is 0.189 bits per heavy atom. The first kappa shape index (κ1) is 93.9. The zero-order valence-corrected chi connectivity index (χ0v) is 76.6. The molecule has 0 aromatic heterocycles. The minimum absolute atomic E-state index is 0.129. The molecular formula is C98H98F20Si4. The second-order valence-electron chi connectivity index (χ2n) is 36.7. The van der Waals surface area contributed by atoms with Crippen LogP contribution in [0.1, 0.15) is 211 Å². The van der Waals surface area contributed by atoms with Gasteiger partial charge >= 0.3 is 24.7 Å². The van der Waals surface area contributed by atoms with E-state index >= 15 is 87.8 Å². The van der Waals surface area contributed by atoms with E-state index in [2.05, 4.69) is 45.9 Å². The Bertz CT molecular complexity index is 5550. The van der Waals surface area contributed by atoms with Gasteiger partial charge < -0.3 is 0 Å². The van der Waals surface area contributed by atoms with Gasteiger partial charge in [0.2, 0.25) is 0 Å². The van der Waals surface area contributed by atoms with E-state index in [1.807, 2.05) is 166 Å². The van der Waals surface area contributed by atoms with Crippen LogP contribution in [0.4, 0.5) is 87.8 Å². The maximum atomic E-state index is 17.0. The van der Waals surface area contributed by atoms with Gasteiger partial charge in [-0.2, -0.15) is 52.7 Å². The topological polar surface area (TPSA) is 0 Å². The third-order valence-electron chi connectivity index (χ3n) is 26.8. The van der Waals surface area contributed by atoms with Gasteiger partial charge in [0, 0.05) is 43.8 Å². The van der Waals surface area contributed by atoms with Crippen molar-refractivity contribution in [2.75, 3.05) is 0 Å². The molecule has 0 atom stereocenters. The van der Waals surface area contributed by atoms with Crippen molar-refractivity contribution in [3.05, 3.63) is 176 Å². The Kier molecular flexibility index (Phi) is 25.4. The molecule has 0 aliphatic carbocycles. The molecule has 0 aliphatic rings. The van der Waals surface area contributed by atoms with E-state index in [9.17, 15) is 0 Å². The fourth-order valence-corrected chi connectivity index (χ4v) is 41.9. The van der Waals surface area contributed by atoms with Crippen LogP contribution in [0.15, 0.2) is 84.9 Å². The summed E-state index contributed by atoms with van der Waals surface area (Å²) >= 11 is 0. The molecule has 0 nitrogen and oxygen atoms in total. The average molecular weight is 1770 g/mol. The molecule has 0 saturated heterocycles. The smallest absolute Gasteiger partial charge is 0.203 e. The fourth-order valence-electron chi connectivity index (χ4n) is 21.1. The summed E-state index contributed by atoms with van der Waals surface area (Å²) in [5.74, 6) is -2.63. The number of hydrogen-bond donors (Lipinski definition) is 0. The summed E-state index contributed by atoms with van der Waals surface area (Å²) in [7, 11) is -12.5. The number of alkyl halides is 12. The van der Waals surface area contributed by atoms with Crippen LogP contribution in [-0.4, -0.2) is 32.3 Å². The van der Waals surface area contributed by atoms with Gasteiger partial charge in [-0.05, 0) is 238 Å². The van der Waals surface area contributed by atoms with Crippen LogP contribution in [0.3, 0.4) is 0 Å². The van der Waals surface area contributed by atoms with Gasteiger partial charge in [0.05, 0.1) is 22.3 Å². The highest BCUT2D eigenvalue weighted by Gasteiger charge is 2.47. The molecule has 0 heterocycles. The summed E-state index contributed by atoms with van der Waals surface area (Å²) in [6, 6.07) is 10.5. The summed E-state index contributed by atoms with van der Waals surface area (Å²) in [5.41, 5.74) is 1.11. The number of halogens is 20. The van der Waals surface area contributed by atoms with Crippen molar-refractivity contribution in [2.45, 2.75) is 257 Å². The van der Waals surface area contributed by atoms with E-state index in [4.69, 9.17) is 0 Å². The summed E-state index contributed by atoms with van der Waals surface area (Å²) in [5, 5.41) is -6.27. The first-order valence-electron chi connectivity index (χ1n) is 41.2. The summed E-state index contributed by atoms with van der Waals surface area (Å²) in [6.45, 7) is 46.9. The first-order valence-corrected chi connectivity index (χ1v) is 50.1. The number of benzene rings is 11. The Hall–Kier alpha value is -8.79. The monoisotopic (exact) mass is 1770 g/mol. The Morgan fingerprint density at radius 2 is 0.328 bits per heavy atom. The molecule has 0 fully saturated rings. The van der Waals surface area contributed by atoms with Crippen molar-refractivity contribution in [3.63, 3.8) is 0 Å². The van der Waals surface area contributed by atoms with Crippen molar-refractivity contribution >= 4 is 118 Å². The van der Waals surface area contributed by atoms with Crippen molar-refractivity contribution in [2.24, 2.45) is 0 Å². The fraction of sp³-hybridized carbons (Fsp3) is 0.408. The molecule has 646 valence electrons. The Morgan fingerprint density at radius 3 is 0.459 bits per heavy atom. The van der Waals surface area contributed by atoms with Gasteiger partial charge in [0.1, 0.15) is 32.3 Å². The van der Waals surface area contributed by atoms with Crippen LogP contribution in [0.5, 0.6) is 0 Å². The van der Waals surface area contributed by atoms with Crippen molar-refractivity contribution in [1.82, 2.24) is 0 Å². The van der Waals surface area contributed by atoms with Crippen LogP contribution >= 0.6 is 0 Å². The molecule has 0 unspecified atom stereocenters. The zero-order chi connectivity index (χ0) is 91.3. The van der Waals surface area contributed by atoms with Crippen molar-refractivity contribution < 1.29 is 87.8 Å². The highest BCUT2D eigenvalue weighted by Crippen LogP contribution is 2.55. The number of fused-ring (bicyclic) bond motifs is 8. The van der Waals surface area contributed by atoms with Gasteiger partial charge in [0.15, 0.2) is 46.5 Å². The van der Waals surface area contributed by atoms with Crippen molar-refractivity contribution in [3.8, 4) is 68.1 Å². The third-order valence-corrected chi connectivity index (χ3v) is 52.0. The quantitative estimate of drug-likeness (QED) is 0.0254. The second kappa shape index (κ2) is 33.0. The van der Waals surface area contributed by atoms with E-state index in [0.29, 0.717) is 24.3 Å². The van der Waals surface area contributed by atoms with Crippen LogP contribution < -0.4 is 0 Å². The van der Waals surface area contributed by atoms with Crippen LogP contribution in [0.25, 0.3) is 108 Å². The SMILES string of the molecule is CC(C)[Si](C#Cc1c2cc3c(F)c(F)c(F)c(F)c3cc2c(C#C[Si](C(C)C)(C(C)C)C(C)C)c2cc3c(-c4cc(C(F)(F)F)cc(C(F)(F)F)c4)c4cc5c(C#C[Si](C(C)C)(C(C)C)C(C)C)c6cc7c(F)c(F)c(F)c(F)c7cc6c(C#C[Si](C(C)C)(C(C)C)C(C)C)c5cc4c(-c4cc(C(F)(F)F)cc(C(F)(F)F)c4)c3cc12)(C(C)C)C(C)C. The lowest BCUT2D eigenvalue weighted by Crippen LogP contribution is -2.43. The van der Waals surface area contributed by atoms with E-state index in [-0.39, 0.29) is 144 Å². The number of rotatable bonds is 14. The van der Waals surface area contributed by atoms with E-state index in [0.717, 1.165) is 24.3 Å². The van der Waals surface area contributed by atoms with E-state index < -0.39 is 191 Å². The van der Waals surface area contributed by atoms with Crippen LogP contribution in [0.2, 0.25) is 66.5 Å². The summed E-state index contributed by atoms with van der Waals surface area (Å²) in [6.07, 6.45) is -22.5. The predicted molar refractivity (Wildman–Crippen MR) is 469 cm³/mol. The van der Waals surface area contributed by atoms with Gasteiger partial charge in [-0.15, -0.1) is 22.2 Å². The average Bonchev–Trinajstić information content (AvgIpc) is 0.690. The Balaban J connectivity index is 1.67. The first-order chi connectivity index (χ1) is 56.2. The van der Waals surface area contributed by atoms with Gasteiger partial charge in [-0.25, -0.2) is 35.1 Å². The molecule has 11 aromatic rings. The second-order valence-corrected chi connectivity index (χ2v) is 59.0. The molecule has 24 heteroatoms. The molecule has 0 saturated carbocycles. The van der Waals surface area contributed by atoms with Gasteiger partial charge in [-0.1, -0.05) is 190 Å². The lowest BCUT2D eigenvalue weighted by Gasteiger charge is -2.38. The summed E-state index contributed by atoms with van der Waals surface area (Å²) < 4.78 is 325. The molecule has 0 N–H and O–H groups in total. The third kappa shape index (κ3) is 15.5. The minimum atomic E-state index is -5.63. The normalized spacial score (nSPS) is 13.4. The van der Waals surface area contributed by atoms with Crippen LogP contribution in [0, 0.1) is 92.4 Å². The maximum Gasteiger partial charge on any atom is 0.416 e. The Labute approximate surface area is 703 Å². The largest absolute Gasteiger partial charge is 0.416 e. The minimum Gasteiger partial charge on any atom is -0.203 e. The van der Waals surface area contributed by atoms with E-state index in [1.54, 1.807) is 0 Å². The molecule has 11 aromatic carbocycles. The standard InChI is InChI=1S/C98H98F20Si4/c1-47(2)119(48(3)4,49(5)6)29-25-65-69-39-77-78(40-70(69)66(26-30-120(50(7)8,51(9)10)52(11)12)74-44-82-81(43-73(65)74)87(99)91(103)92(104)88(82)100)86(60-35-63(97(113,114)115)38-64(36-60)98(116,117)118)80-42-72-68(28-32-122(56(19)20,57(21)22)58(23)24)76-46-84-83(89(101)93(105)94(106)90(84)102)45-75(76)67(27-31-121(53(13)14,54(15)16)55(17)18)71(72)41-79(80)85(77)59-33-61(95(107,108)109)37-62(34-59)96(110,111)112/h33-58H,1-24H3. The van der Waals surface area contributed by atoms with E-state index in [1.165, 1.54) is 24.3 Å². The molecular weight excluding hydrogens is 1670 g/mol. The van der Waals surface area contributed by atoms with Crippen LogP contribution in [-0.2, 0) is 24.7 Å². The molecule has 11 rings (SSSR count). The van der Waals surface area contributed by atoms with Gasteiger partial charge in [-0.3, -0.25) is 0 Å². The molecule has 0 amide bonds. The maximum absolute atomic E-state index is 17.0. The molecule has 0 spiro atoms. The molecule has 122 heavy (non-hydrogen) atoms.